The number of hydrogen-bond acceptors (Lipinski definition) is 3. The normalized spacial score (nSPS) is 11.5. The van der Waals surface area contributed by atoms with Gasteiger partial charge < -0.3 is 4.74 Å². The molecule has 0 saturated heterocycles. The molecular formula is C17H20BrNO3S. The highest BCUT2D eigenvalue weighted by Crippen LogP contribution is 2.30. The largest absolute Gasteiger partial charge is 0.496 e. The van der Waals surface area contributed by atoms with Gasteiger partial charge in [-0.05, 0) is 61.2 Å². The van der Waals surface area contributed by atoms with Crippen LogP contribution in [0.1, 0.15) is 22.3 Å². The summed E-state index contributed by atoms with van der Waals surface area (Å²) < 4.78 is 34.3. The minimum absolute atomic E-state index is 0.250. The molecule has 0 amide bonds. The number of rotatable bonds is 5. The predicted molar refractivity (Wildman–Crippen MR) is 95.4 cm³/mol. The van der Waals surface area contributed by atoms with E-state index in [1.165, 1.54) is 0 Å². The molecule has 124 valence electrons. The third kappa shape index (κ3) is 3.94. The molecular weight excluding hydrogens is 378 g/mol. The molecule has 1 N–H and O–H groups in total. The summed E-state index contributed by atoms with van der Waals surface area (Å²) in [6.07, 6.45) is 0. The maximum Gasteiger partial charge on any atom is 0.241 e. The Labute approximate surface area is 146 Å². The van der Waals surface area contributed by atoms with Crippen LogP contribution in [0.3, 0.4) is 0 Å². The summed E-state index contributed by atoms with van der Waals surface area (Å²) in [6.45, 7) is 5.70. The van der Waals surface area contributed by atoms with Crippen molar-refractivity contribution in [3.63, 3.8) is 0 Å². The monoisotopic (exact) mass is 397 g/mol. The summed E-state index contributed by atoms with van der Waals surface area (Å²) in [5.74, 6) is 0.701. The van der Waals surface area contributed by atoms with E-state index in [1.54, 1.807) is 27.0 Å². The topological polar surface area (TPSA) is 55.4 Å². The molecule has 0 aliphatic carbocycles. The highest BCUT2D eigenvalue weighted by Gasteiger charge is 2.22. The van der Waals surface area contributed by atoms with Crippen molar-refractivity contribution in [3.8, 4) is 5.75 Å². The average Bonchev–Trinajstić information content (AvgIpc) is 2.50. The maximum absolute atomic E-state index is 12.7. The number of methoxy groups -OCH3 is 1. The van der Waals surface area contributed by atoms with E-state index in [-0.39, 0.29) is 6.54 Å². The van der Waals surface area contributed by atoms with Gasteiger partial charge >= 0.3 is 0 Å². The molecule has 2 rings (SSSR count). The van der Waals surface area contributed by atoms with E-state index in [1.807, 2.05) is 31.2 Å². The molecule has 4 nitrogen and oxygen atoms in total. The van der Waals surface area contributed by atoms with Gasteiger partial charge in [-0.3, -0.25) is 0 Å². The average molecular weight is 398 g/mol. The summed E-state index contributed by atoms with van der Waals surface area (Å²) in [5, 5.41) is 0. The fourth-order valence-electron chi connectivity index (χ4n) is 2.50. The number of nitrogens with one attached hydrogen (secondary N) is 1. The summed E-state index contributed by atoms with van der Waals surface area (Å²) >= 11 is 3.36. The van der Waals surface area contributed by atoms with E-state index in [0.717, 1.165) is 15.6 Å². The lowest BCUT2D eigenvalue weighted by molar-refractivity contribution is 0.410. The van der Waals surface area contributed by atoms with Crippen LogP contribution in [0, 0.1) is 20.8 Å². The summed E-state index contributed by atoms with van der Waals surface area (Å²) in [4.78, 5) is 0.327. The first-order valence-electron chi connectivity index (χ1n) is 7.15. The van der Waals surface area contributed by atoms with Crippen LogP contribution in [0.2, 0.25) is 0 Å². The van der Waals surface area contributed by atoms with Gasteiger partial charge in [0.25, 0.3) is 0 Å². The Balaban J connectivity index is 2.33. The van der Waals surface area contributed by atoms with E-state index in [2.05, 4.69) is 20.7 Å². The second kappa shape index (κ2) is 7.03. The van der Waals surface area contributed by atoms with Crippen LogP contribution in [0.4, 0.5) is 0 Å². The van der Waals surface area contributed by atoms with Gasteiger partial charge in [-0.1, -0.05) is 28.1 Å². The van der Waals surface area contributed by atoms with Crippen LogP contribution in [0.15, 0.2) is 39.7 Å². The van der Waals surface area contributed by atoms with Crippen LogP contribution < -0.4 is 9.46 Å². The lowest BCUT2D eigenvalue weighted by Gasteiger charge is -2.16. The van der Waals surface area contributed by atoms with E-state index in [9.17, 15) is 8.42 Å². The third-order valence-electron chi connectivity index (χ3n) is 3.85. The van der Waals surface area contributed by atoms with E-state index in [4.69, 9.17) is 4.74 Å². The Bertz CT molecular complexity index is 815. The number of benzene rings is 2. The molecule has 6 heteroatoms. The van der Waals surface area contributed by atoms with E-state index in [0.29, 0.717) is 21.8 Å². The number of halogens is 1. The van der Waals surface area contributed by atoms with Crippen LogP contribution in [-0.4, -0.2) is 15.5 Å². The van der Waals surface area contributed by atoms with Crippen LogP contribution in [0.5, 0.6) is 5.75 Å². The predicted octanol–water partition coefficient (Wildman–Crippen LogP) is 3.86. The summed E-state index contributed by atoms with van der Waals surface area (Å²) in [5.41, 5.74) is 3.12. The molecule has 2 aromatic rings. The highest BCUT2D eigenvalue weighted by molar-refractivity contribution is 9.10. The van der Waals surface area contributed by atoms with Crippen molar-refractivity contribution >= 4 is 26.0 Å². The van der Waals surface area contributed by atoms with Gasteiger partial charge in [0.1, 0.15) is 5.75 Å². The second-order valence-corrected chi connectivity index (χ2v) is 8.05. The minimum atomic E-state index is -3.59. The Morgan fingerprint density at radius 1 is 1.09 bits per heavy atom. The standard InChI is InChI=1S/C17H20BrNO3S/c1-11-9-16(22-4)12(2)13(3)17(11)23(20,21)19-10-14-5-7-15(18)8-6-14/h5-9,19H,10H2,1-4H3. The minimum Gasteiger partial charge on any atom is -0.496 e. The fourth-order valence-corrected chi connectivity index (χ4v) is 4.30. The van der Waals surface area contributed by atoms with E-state index < -0.39 is 10.0 Å². The Morgan fingerprint density at radius 3 is 2.26 bits per heavy atom. The SMILES string of the molecule is COc1cc(C)c(S(=O)(=O)NCc2ccc(Br)cc2)c(C)c1C. The van der Waals surface area contributed by atoms with Crippen molar-refractivity contribution in [3.05, 3.63) is 57.1 Å². The molecule has 0 saturated carbocycles. The first kappa shape index (κ1) is 18.0. The molecule has 0 spiro atoms. The number of sulfonamides is 1. The van der Waals surface area contributed by atoms with Gasteiger partial charge in [0.05, 0.1) is 12.0 Å². The van der Waals surface area contributed by atoms with Crippen LogP contribution in [-0.2, 0) is 16.6 Å². The van der Waals surface area contributed by atoms with Crippen molar-refractivity contribution in [1.29, 1.82) is 0 Å². The molecule has 0 unspecified atom stereocenters. The zero-order valence-electron chi connectivity index (χ0n) is 13.6. The Hall–Kier alpha value is -1.37. The van der Waals surface area contributed by atoms with Crippen LogP contribution in [0.25, 0.3) is 0 Å². The van der Waals surface area contributed by atoms with Gasteiger partial charge in [-0.25, -0.2) is 13.1 Å². The molecule has 0 aliphatic heterocycles. The molecule has 0 aliphatic rings. The quantitative estimate of drug-likeness (QED) is 0.832. The smallest absolute Gasteiger partial charge is 0.241 e. The van der Waals surface area contributed by atoms with Gasteiger partial charge in [0.15, 0.2) is 0 Å². The van der Waals surface area contributed by atoms with Gasteiger partial charge in [-0.15, -0.1) is 0 Å². The Kier molecular flexibility index (Phi) is 5.49. The van der Waals surface area contributed by atoms with Crippen molar-refractivity contribution < 1.29 is 13.2 Å². The highest BCUT2D eigenvalue weighted by atomic mass is 79.9. The molecule has 0 bridgehead atoms. The first-order valence-corrected chi connectivity index (χ1v) is 9.42. The first-order chi connectivity index (χ1) is 10.8. The molecule has 0 heterocycles. The fraction of sp³-hybridized carbons (Fsp3) is 0.294. The maximum atomic E-state index is 12.7. The number of aryl methyl sites for hydroxylation is 1. The summed E-state index contributed by atoms with van der Waals surface area (Å²) in [6, 6.07) is 9.29. The molecule has 0 fully saturated rings. The molecule has 2 aromatic carbocycles. The lowest BCUT2D eigenvalue weighted by Crippen LogP contribution is -2.25. The van der Waals surface area contributed by atoms with Crippen molar-refractivity contribution in [1.82, 2.24) is 4.72 Å². The summed E-state index contributed by atoms with van der Waals surface area (Å²) in [7, 11) is -2.01. The zero-order valence-corrected chi connectivity index (χ0v) is 16.0. The van der Waals surface area contributed by atoms with Crippen molar-refractivity contribution in [2.24, 2.45) is 0 Å². The second-order valence-electron chi connectivity index (χ2n) is 5.43. The van der Waals surface area contributed by atoms with Gasteiger partial charge in [-0.2, -0.15) is 0 Å². The van der Waals surface area contributed by atoms with Gasteiger partial charge in [0, 0.05) is 11.0 Å². The molecule has 0 radical (unpaired) electrons. The molecule has 23 heavy (non-hydrogen) atoms. The zero-order chi connectivity index (χ0) is 17.2. The van der Waals surface area contributed by atoms with Crippen LogP contribution >= 0.6 is 15.9 Å². The molecule has 0 aromatic heterocycles. The van der Waals surface area contributed by atoms with E-state index >= 15 is 0 Å². The van der Waals surface area contributed by atoms with Crippen molar-refractivity contribution in [2.75, 3.05) is 7.11 Å². The number of ether oxygens (including phenoxy) is 1. The Morgan fingerprint density at radius 2 is 1.70 bits per heavy atom. The van der Waals surface area contributed by atoms with Gasteiger partial charge in [0.2, 0.25) is 10.0 Å². The van der Waals surface area contributed by atoms with Crippen molar-refractivity contribution in [2.45, 2.75) is 32.2 Å². The third-order valence-corrected chi connectivity index (χ3v) is 6.07. The lowest BCUT2D eigenvalue weighted by atomic mass is 10.1. The number of hydrogen-bond donors (Lipinski definition) is 1. The molecule has 0 atom stereocenters.